The highest BCUT2D eigenvalue weighted by molar-refractivity contribution is 5.93. The molecular weight excluding hydrogens is 320 g/mol. The smallest absolute Gasteiger partial charge is 0.314 e. The monoisotopic (exact) mass is 344 g/mol. The standard InChI is InChI=1S/C17H24N6O2/c1-12-15(13(2)23-22-12)6-4-8-20-17(25)21-10-9-19-16(24)14-5-3-7-18-11-14/h3,5,7,11H,4,6,8-10H2,1-2H3,(H,19,24)(H,22,23)(H2,20,21,25). The molecule has 0 aliphatic heterocycles. The molecule has 0 fully saturated rings. The van der Waals surface area contributed by atoms with E-state index in [1.807, 2.05) is 13.8 Å². The first-order valence-corrected chi connectivity index (χ1v) is 8.28. The Labute approximate surface area is 146 Å². The molecule has 0 spiro atoms. The largest absolute Gasteiger partial charge is 0.350 e. The lowest BCUT2D eigenvalue weighted by molar-refractivity contribution is 0.0953. The van der Waals surface area contributed by atoms with Gasteiger partial charge in [0.2, 0.25) is 0 Å². The summed E-state index contributed by atoms with van der Waals surface area (Å²) in [5, 5.41) is 15.3. The Kier molecular flexibility index (Phi) is 6.94. The molecular formula is C17H24N6O2. The summed E-state index contributed by atoms with van der Waals surface area (Å²) >= 11 is 0. The average Bonchev–Trinajstić information content (AvgIpc) is 2.94. The molecule has 0 unspecified atom stereocenters. The van der Waals surface area contributed by atoms with Crippen LogP contribution in [0.4, 0.5) is 4.79 Å². The molecule has 2 aromatic rings. The van der Waals surface area contributed by atoms with Crippen LogP contribution >= 0.6 is 0 Å². The number of rotatable bonds is 8. The second-order valence-corrected chi connectivity index (χ2v) is 5.70. The van der Waals surface area contributed by atoms with Gasteiger partial charge in [0.15, 0.2) is 0 Å². The van der Waals surface area contributed by atoms with Crippen molar-refractivity contribution in [1.29, 1.82) is 0 Å². The Morgan fingerprint density at radius 2 is 1.88 bits per heavy atom. The predicted octanol–water partition coefficient (Wildman–Crippen LogP) is 1.08. The van der Waals surface area contributed by atoms with Gasteiger partial charge in [0.1, 0.15) is 0 Å². The topological polar surface area (TPSA) is 112 Å². The quantitative estimate of drug-likeness (QED) is 0.537. The normalized spacial score (nSPS) is 10.3. The zero-order valence-electron chi connectivity index (χ0n) is 14.6. The van der Waals surface area contributed by atoms with Crippen LogP contribution in [0.3, 0.4) is 0 Å². The molecule has 134 valence electrons. The SMILES string of the molecule is Cc1n[nH]c(C)c1CCCNC(=O)NCCNC(=O)c1cccnc1. The van der Waals surface area contributed by atoms with Gasteiger partial charge in [-0.15, -0.1) is 0 Å². The third kappa shape index (κ3) is 5.91. The van der Waals surface area contributed by atoms with Crippen molar-refractivity contribution in [3.05, 3.63) is 47.0 Å². The number of aromatic amines is 1. The Bertz CT molecular complexity index is 679. The molecule has 0 radical (unpaired) electrons. The lowest BCUT2D eigenvalue weighted by Crippen LogP contribution is -2.40. The summed E-state index contributed by atoms with van der Waals surface area (Å²) in [4.78, 5) is 27.4. The van der Waals surface area contributed by atoms with Gasteiger partial charge < -0.3 is 16.0 Å². The van der Waals surface area contributed by atoms with E-state index >= 15 is 0 Å². The first-order chi connectivity index (χ1) is 12.1. The maximum atomic E-state index is 11.8. The van der Waals surface area contributed by atoms with E-state index in [9.17, 15) is 9.59 Å². The molecule has 0 saturated carbocycles. The fourth-order valence-electron chi connectivity index (χ4n) is 2.42. The molecule has 0 atom stereocenters. The van der Waals surface area contributed by atoms with E-state index < -0.39 is 0 Å². The molecule has 0 aliphatic rings. The highest BCUT2D eigenvalue weighted by Gasteiger charge is 2.07. The molecule has 2 aromatic heterocycles. The van der Waals surface area contributed by atoms with E-state index in [1.54, 1.807) is 18.3 Å². The van der Waals surface area contributed by atoms with Crippen molar-refractivity contribution in [3.63, 3.8) is 0 Å². The lowest BCUT2D eigenvalue weighted by atomic mass is 10.1. The number of aryl methyl sites for hydroxylation is 2. The van der Waals surface area contributed by atoms with E-state index in [2.05, 4.69) is 31.1 Å². The van der Waals surface area contributed by atoms with Gasteiger partial charge >= 0.3 is 6.03 Å². The Hall–Kier alpha value is -2.90. The number of hydrogen-bond donors (Lipinski definition) is 4. The van der Waals surface area contributed by atoms with Crippen molar-refractivity contribution in [2.45, 2.75) is 26.7 Å². The van der Waals surface area contributed by atoms with Gasteiger partial charge in [-0.05, 0) is 44.4 Å². The van der Waals surface area contributed by atoms with Crippen LogP contribution < -0.4 is 16.0 Å². The third-order valence-corrected chi connectivity index (χ3v) is 3.79. The molecule has 2 heterocycles. The number of urea groups is 1. The predicted molar refractivity (Wildman–Crippen MR) is 94.4 cm³/mol. The highest BCUT2D eigenvalue weighted by atomic mass is 16.2. The molecule has 8 nitrogen and oxygen atoms in total. The van der Waals surface area contributed by atoms with Crippen molar-refractivity contribution >= 4 is 11.9 Å². The van der Waals surface area contributed by atoms with E-state index in [4.69, 9.17) is 0 Å². The van der Waals surface area contributed by atoms with Crippen LogP contribution in [0.15, 0.2) is 24.5 Å². The molecule has 0 aliphatic carbocycles. The zero-order valence-corrected chi connectivity index (χ0v) is 14.6. The minimum atomic E-state index is -0.240. The van der Waals surface area contributed by atoms with Gasteiger partial charge in [-0.3, -0.25) is 14.9 Å². The molecule has 0 bridgehead atoms. The van der Waals surface area contributed by atoms with Gasteiger partial charge in [0.25, 0.3) is 5.91 Å². The Balaban J connectivity index is 1.55. The first kappa shape index (κ1) is 18.4. The average molecular weight is 344 g/mol. The van der Waals surface area contributed by atoms with Crippen molar-refractivity contribution in [2.24, 2.45) is 0 Å². The van der Waals surface area contributed by atoms with Crippen LogP contribution in [0.1, 0.15) is 33.7 Å². The molecule has 2 rings (SSSR count). The summed E-state index contributed by atoms with van der Waals surface area (Å²) in [5.74, 6) is -0.207. The minimum Gasteiger partial charge on any atom is -0.350 e. The summed E-state index contributed by atoms with van der Waals surface area (Å²) in [6, 6.07) is 3.15. The van der Waals surface area contributed by atoms with Gasteiger partial charge in [-0.2, -0.15) is 5.10 Å². The number of nitrogens with one attached hydrogen (secondary N) is 4. The summed E-state index contributed by atoms with van der Waals surface area (Å²) in [6.07, 6.45) is 4.82. The van der Waals surface area contributed by atoms with Crippen molar-refractivity contribution < 1.29 is 9.59 Å². The second kappa shape index (κ2) is 9.41. The van der Waals surface area contributed by atoms with Crippen LogP contribution in [0.25, 0.3) is 0 Å². The molecule has 8 heteroatoms. The number of aromatic nitrogens is 3. The number of amides is 3. The third-order valence-electron chi connectivity index (χ3n) is 3.79. The number of H-pyrrole nitrogens is 1. The Morgan fingerprint density at radius 1 is 1.12 bits per heavy atom. The number of pyridine rings is 1. The number of carbonyl (C=O) groups is 2. The molecule has 25 heavy (non-hydrogen) atoms. The van der Waals surface area contributed by atoms with Crippen molar-refractivity contribution in [3.8, 4) is 0 Å². The van der Waals surface area contributed by atoms with E-state index in [1.165, 1.54) is 11.8 Å². The Morgan fingerprint density at radius 3 is 2.56 bits per heavy atom. The van der Waals surface area contributed by atoms with Crippen molar-refractivity contribution in [1.82, 2.24) is 31.1 Å². The zero-order chi connectivity index (χ0) is 18.1. The van der Waals surface area contributed by atoms with Crippen LogP contribution in [0, 0.1) is 13.8 Å². The molecule has 0 aromatic carbocycles. The molecule has 4 N–H and O–H groups in total. The van der Waals surface area contributed by atoms with Gasteiger partial charge in [0, 0.05) is 37.7 Å². The second-order valence-electron chi connectivity index (χ2n) is 5.70. The van der Waals surface area contributed by atoms with Crippen LogP contribution in [0.2, 0.25) is 0 Å². The highest BCUT2D eigenvalue weighted by Crippen LogP contribution is 2.11. The maximum Gasteiger partial charge on any atom is 0.314 e. The number of hydrogen-bond acceptors (Lipinski definition) is 4. The van der Waals surface area contributed by atoms with Crippen LogP contribution in [-0.2, 0) is 6.42 Å². The van der Waals surface area contributed by atoms with E-state index in [-0.39, 0.29) is 11.9 Å². The lowest BCUT2D eigenvalue weighted by Gasteiger charge is -2.09. The summed E-state index contributed by atoms with van der Waals surface area (Å²) in [6.45, 7) is 5.26. The fraction of sp³-hybridized carbons (Fsp3) is 0.412. The fourth-order valence-corrected chi connectivity index (χ4v) is 2.42. The number of carbonyl (C=O) groups excluding carboxylic acids is 2. The van der Waals surface area contributed by atoms with Gasteiger partial charge in [0.05, 0.1) is 11.3 Å². The molecule has 0 saturated heterocycles. The van der Waals surface area contributed by atoms with Crippen LogP contribution in [0.5, 0.6) is 0 Å². The van der Waals surface area contributed by atoms with Crippen molar-refractivity contribution in [2.75, 3.05) is 19.6 Å². The van der Waals surface area contributed by atoms with E-state index in [0.29, 0.717) is 25.2 Å². The van der Waals surface area contributed by atoms with Crippen LogP contribution in [-0.4, -0.2) is 46.8 Å². The van der Waals surface area contributed by atoms with E-state index in [0.717, 1.165) is 24.2 Å². The maximum absolute atomic E-state index is 11.8. The molecule has 3 amide bonds. The summed E-state index contributed by atoms with van der Waals surface area (Å²) in [5.41, 5.74) is 3.79. The summed E-state index contributed by atoms with van der Waals surface area (Å²) < 4.78 is 0. The summed E-state index contributed by atoms with van der Waals surface area (Å²) in [7, 11) is 0. The van der Waals surface area contributed by atoms with Gasteiger partial charge in [-0.25, -0.2) is 4.79 Å². The van der Waals surface area contributed by atoms with Gasteiger partial charge in [-0.1, -0.05) is 0 Å². The first-order valence-electron chi connectivity index (χ1n) is 8.28. The minimum absolute atomic E-state index is 0.207. The number of nitrogens with zero attached hydrogens (tertiary/aromatic N) is 2.